The zero-order chi connectivity index (χ0) is 15.5. The molecular formula is C17H25NO3. The van der Waals surface area contributed by atoms with Crippen molar-refractivity contribution in [2.24, 2.45) is 0 Å². The van der Waals surface area contributed by atoms with Gasteiger partial charge in [-0.25, -0.2) is 0 Å². The van der Waals surface area contributed by atoms with E-state index in [-0.39, 0.29) is 12.5 Å². The molecule has 0 aromatic heterocycles. The first-order chi connectivity index (χ1) is 9.99. The first kappa shape index (κ1) is 16.0. The molecule has 2 rings (SSSR count). The number of hydrogen-bond donors (Lipinski definition) is 1. The number of methoxy groups -OCH3 is 1. The molecule has 2 atom stereocenters. The molecule has 1 amide bonds. The maximum absolute atomic E-state index is 12.9. The van der Waals surface area contributed by atoms with Gasteiger partial charge in [0.25, 0.3) is 0 Å². The van der Waals surface area contributed by atoms with Gasteiger partial charge in [0.15, 0.2) is 0 Å². The lowest BCUT2D eigenvalue weighted by atomic mass is 9.70. The zero-order valence-electron chi connectivity index (χ0n) is 13.1. The number of amides is 1. The van der Waals surface area contributed by atoms with Crippen LogP contribution in [0.3, 0.4) is 0 Å². The van der Waals surface area contributed by atoms with Crippen molar-refractivity contribution in [3.8, 4) is 0 Å². The predicted molar refractivity (Wildman–Crippen MR) is 82.3 cm³/mol. The standard InChI is InChI=1S/C17H25NO3/c1-17(16(20)18(2)11-14(19)12-21-3)10-6-8-13-7-4-5-9-15(13)17/h4-5,7,9,14,19H,6,8,10-12H2,1-3H3. The summed E-state index contributed by atoms with van der Waals surface area (Å²) in [6, 6.07) is 8.20. The minimum absolute atomic E-state index is 0.0739. The average Bonchev–Trinajstić information content (AvgIpc) is 2.47. The van der Waals surface area contributed by atoms with Crippen LogP contribution in [0.15, 0.2) is 24.3 Å². The van der Waals surface area contributed by atoms with E-state index in [1.807, 2.05) is 19.1 Å². The molecular weight excluding hydrogens is 266 g/mol. The largest absolute Gasteiger partial charge is 0.389 e. The molecule has 0 saturated heterocycles. The van der Waals surface area contributed by atoms with Crippen molar-refractivity contribution in [3.05, 3.63) is 35.4 Å². The summed E-state index contributed by atoms with van der Waals surface area (Å²) >= 11 is 0. The first-order valence-electron chi connectivity index (χ1n) is 7.50. The fourth-order valence-corrected chi connectivity index (χ4v) is 3.33. The molecule has 0 saturated carbocycles. The fourth-order valence-electron chi connectivity index (χ4n) is 3.33. The van der Waals surface area contributed by atoms with Crippen molar-refractivity contribution in [3.63, 3.8) is 0 Å². The van der Waals surface area contributed by atoms with Gasteiger partial charge in [0.1, 0.15) is 0 Å². The summed E-state index contributed by atoms with van der Waals surface area (Å²) < 4.78 is 4.92. The number of rotatable bonds is 5. The van der Waals surface area contributed by atoms with E-state index in [1.54, 1.807) is 19.1 Å². The Balaban J connectivity index is 2.18. The Morgan fingerprint density at radius 3 is 2.90 bits per heavy atom. The molecule has 0 heterocycles. The molecule has 1 N–H and O–H groups in total. The number of aryl methyl sites for hydroxylation is 1. The molecule has 0 radical (unpaired) electrons. The summed E-state index contributed by atoms with van der Waals surface area (Å²) in [5.74, 6) is 0.0739. The molecule has 116 valence electrons. The van der Waals surface area contributed by atoms with Crippen LogP contribution in [0, 0.1) is 0 Å². The van der Waals surface area contributed by atoms with Crippen molar-refractivity contribution >= 4 is 5.91 Å². The number of aliphatic hydroxyl groups excluding tert-OH is 1. The molecule has 1 aliphatic carbocycles. The second-order valence-electron chi connectivity index (χ2n) is 6.14. The third-order valence-corrected chi connectivity index (χ3v) is 4.40. The molecule has 0 spiro atoms. The first-order valence-corrected chi connectivity index (χ1v) is 7.50. The highest BCUT2D eigenvalue weighted by Gasteiger charge is 2.40. The summed E-state index contributed by atoms with van der Waals surface area (Å²) in [5.41, 5.74) is 1.91. The number of nitrogens with zero attached hydrogens (tertiary/aromatic N) is 1. The molecule has 0 fully saturated rings. The van der Waals surface area contributed by atoms with Gasteiger partial charge in [-0.15, -0.1) is 0 Å². The van der Waals surface area contributed by atoms with E-state index in [0.717, 1.165) is 24.8 Å². The molecule has 1 aliphatic rings. The van der Waals surface area contributed by atoms with E-state index < -0.39 is 11.5 Å². The van der Waals surface area contributed by atoms with Crippen molar-refractivity contribution in [2.75, 3.05) is 27.3 Å². The summed E-state index contributed by atoms with van der Waals surface area (Å²) in [4.78, 5) is 14.5. The van der Waals surface area contributed by atoms with Gasteiger partial charge >= 0.3 is 0 Å². The van der Waals surface area contributed by atoms with Crippen molar-refractivity contribution in [2.45, 2.75) is 37.7 Å². The van der Waals surface area contributed by atoms with E-state index in [2.05, 4.69) is 12.1 Å². The molecule has 0 aliphatic heterocycles. The Morgan fingerprint density at radius 1 is 1.48 bits per heavy atom. The lowest BCUT2D eigenvalue weighted by Gasteiger charge is -2.38. The lowest BCUT2D eigenvalue weighted by molar-refractivity contribution is -0.137. The topological polar surface area (TPSA) is 49.8 Å². The number of carbonyl (C=O) groups is 1. The van der Waals surface area contributed by atoms with Crippen LogP contribution >= 0.6 is 0 Å². The zero-order valence-corrected chi connectivity index (χ0v) is 13.1. The highest BCUT2D eigenvalue weighted by Crippen LogP contribution is 2.38. The van der Waals surface area contributed by atoms with E-state index in [1.165, 1.54) is 5.56 Å². The number of hydrogen-bond acceptors (Lipinski definition) is 3. The lowest BCUT2D eigenvalue weighted by Crippen LogP contribution is -2.48. The Kier molecular flexibility index (Phi) is 5.01. The van der Waals surface area contributed by atoms with Gasteiger partial charge in [-0.1, -0.05) is 24.3 Å². The highest BCUT2D eigenvalue weighted by atomic mass is 16.5. The van der Waals surface area contributed by atoms with Gasteiger partial charge in [-0.2, -0.15) is 0 Å². The minimum atomic E-state index is -0.647. The number of carbonyl (C=O) groups excluding carboxylic acids is 1. The van der Waals surface area contributed by atoms with Crippen LogP contribution in [0.2, 0.25) is 0 Å². The van der Waals surface area contributed by atoms with Crippen LogP contribution < -0.4 is 0 Å². The Morgan fingerprint density at radius 2 is 2.19 bits per heavy atom. The average molecular weight is 291 g/mol. The van der Waals surface area contributed by atoms with Crippen LogP contribution in [-0.4, -0.2) is 49.3 Å². The van der Waals surface area contributed by atoms with Crippen molar-refractivity contribution in [1.29, 1.82) is 0 Å². The second kappa shape index (κ2) is 6.58. The quantitative estimate of drug-likeness (QED) is 0.899. The summed E-state index contributed by atoms with van der Waals surface area (Å²) in [6.45, 7) is 2.56. The summed E-state index contributed by atoms with van der Waals surface area (Å²) in [6.07, 6.45) is 2.27. The Hall–Kier alpha value is -1.39. The van der Waals surface area contributed by atoms with E-state index in [4.69, 9.17) is 4.74 Å². The molecule has 1 aromatic rings. The number of benzene rings is 1. The number of fused-ring (bicyclic) bond motifs is 1. The van der Waals surface area contributed by atoms with Crippen molar-refractivity contribution < 1.29 is 14.6 Å². The fraction of sp³-hybridized carbons (Fsp3) is 0.588. The summed E-state index contributed by atoms with van der Waals surface area (Å²) in [5, 5.41) is 9.83. The molecule has 21 heavy (non-hydrogen) atoms. The SMILES string of the molecule is COCC(O)CN(C)C(=O)C1(C)CCCc2ccccc21. The number of aliphatic hydroxyl groups is 1. The van der Waals surface area contributed by atoms with Gasteiger partial charge in [0.05, 0.1) is 18.1 Å². The predicted octanol–water partition coefficient (Wildman–Crippen LogP) is 1.75. The van der Waals surface area contributed by atoms with Gasteiger partial charge in [0, 0.05) is 20.7 Å². The van der Waals surface area contributed by atoms with E-state index >= 15 is 0 Å². The van der Waals surface area contributed by atoms with Crippen LogP contribution in [0.1, 0.15) is 30.9 Å². The van der Waals surface area contributed by atoms with Crippen LogP contribution in [-0.2, 0) is 21.4 Å². The van der Waals surface area contributed by atoms with E-state index in [0.29, 0.717) is 6.54 Å². The molecule has 1 aromatic carbocycles. The normalized spacial score (nSPS) is 22.5. The van der Waals surface area contributed by atoms with Gasteiger partial charge in [-0.05, 0) is 37.3 Å². The Bertz CT molecular complexity index is 503. The minimum Gasteiger partial charge on any atom is -0.389 e. The van der Waals surface area contributed by atoms with Crippen LogP contribution in [0.25, 0.3) is 0 Å². The van der Waals surface area contributed by atoms with Gasteiger partial charge in [-0.3, -0.25) is 4.79 Å². The number of likely N-dealkylation sites (N-methyl/N-ethyl adjacent to an activating group) is 1. The highest BCUT2D eigenvalue weighted by molar-refractivity contribution is 5.88. The molecule has 4 nitrogen and oxygen atoms in total. The van der Waals surface area contributed by atoms with Gasteiger partial charge in [0.2, 0.25) is 5.91 Å². The molecule has 4 heteroatoms. The second-order valence-corrected chi connectivity index (χ2v) is 6.14. The maximum Gasteiger partial charge on any atom is 0.232 e. The number of ether oxygens (including phenoxy) is 1. The third kappa shape index (κ3) is 3.27. The molecule has 2 unspecified atom stereocenters. The van der Waals surface area contributed by atoms with Crippen LogP contribution in [0.4, 0.5) is 0 Å². The monoisotopic (exact) mass is 291 g/mol. The van der Waals surface area contributed by atoms with Gasteiger partial charge < -0.3 is 14.7 Å². The Labute approximate surface area is 126 Å². The van der Waals surface area contributed by atoms with Crippen LogP contribution in [0.5, 0.6) is 0 Å². The van der Waals surface area contributed by atoms with E-state index in [9.17, 15) is 9.90 Å². The summed E-state index contributed by atoms with van der Waals surface area (Å²) in [7, 11) is 3.30. The van der Waals surface area contributed by atoms with Crippen molar-refractivity contribution in [1.82, 2.24) is 4.90 Å². The molecule has 0 bridgehead atoms. The maximum atomic E-state index is 12.9. The third-order valence-electron chi connectivity index (χ3n) is 4.40. The smallest absolute Gasteiger partial charge is 0.232 e.